The van der Waals surface area contributed by atoms with Gasteiger partial charge >= 0.3 is 0 Å². The molecule has 0 aromatic carbocycles. The molecule has 0 amide bonds. The molecule has 5 heteroatoms. The smallest absolute Gasteiger partial charge is 0.191 e. The fourth-order valence-corrected chi connectivity index (χ4v) is 2.36. The van der Waals surface area contributed by atoms with E-state index in [0.29, 0.717) is 12.5 Å². The first-order valence-corrected chi connectivity index (χ1v) is 6.57. The highest BCUT2D eigenvalue weighted by Crippen LogP contribution is 2.15. The molecule has 4 nitrogen and oxygen atoms in total. The number of nitrogens with zero attached hydrogens (tertiary/aromatic N) is 3. The van der Waals surface area contributed by atoms with Crippen LogP contribution < -0.4 is 5.73 Å². The Hall–Kier alpha value is -1.10. The number of likely N-dealkylation sites (tertiary alicyclic amines) is 1. The van der Waals surface area contributed by atoms with Crippen molar-refractivity contribution in [1.29, 1.82) is 0 Å². The summed E-state index contributed by atoms with van der Waals surface area (Å²) in [5.74, 6) is 1.49. The van der Waals surface area contributed by atoms with Crippen LogP contribution in [-0.4, -0.2) is 28.9 Å². The average molecular weight is 238 g/mol. The molecular formula is C11H18N4S. The van der Waals surface area contributed by atoms with Crippen LogP contribution in [0.15, 0.2) is 16.6 Å². The minimum atomic E-state index is 0.607. The molecule has 2 heterocycles. The summed E-state index contributed by atoms with van der Waals surface area (Å²) in [6, 6.07) is 0. The normalized spacial score (nSPS) is 19.1. The third-order valence-corrected chi connectivity index (χ3v) is 3.73. The second-order valence-corrected chi connectivity index (χ2v) is 5.25. The maximum Gasteiger partial charge on any atom is 0.191 e. The monoisotopic (exact) mass is 238 g/mol. The molecule has 1 aliphatic heterocycles. The molecule has 2 rings (SSSR count). The van der Waals surface area contributed by atoms with Crippen molar-refractivity contribution in [3.05, 3.63) is 16.6 Å². The molecule has 1 aliphatic rings. The number of aromatic nitrogens is 1. The number of hydrogen-bond acceptors (Lipinski definition) is 3. The predicted octanol–water partition coefficient (Wildman–Crippen LogP) is 1.69. The van der Waals surface area contributed by atoms with Gasteiger partial charge in [0.05, 0.1) is 6.54 Å². The quantitative estimate of drug-likeness (QED) is 0.630. The van der Waals surface area contributed by atoms with E-state index in [-0.39, 0.29) is 0 Å². The molecule has 1 saturated heterocycles. The summed E-state index contributed by atoms with van der Waals surface area (Å²) in [4.78, 5) is 10.7. The number of rotatable bonds is 2. The minimum Gasteiger partial charge on any atom is -0.370 e. The Morgan fingerprint density at radius 1 is 1.62 bits per heavy atom. The first-order valence-electron chi connectivity index (χ1n) is 5.69. The highest BCUT2D eigenvalue weighted by atomic mass is 32.1. The topological polar surface area (TPSA) is 54.5 Å². The second-order valence-electron chi connectivity index (χ2n) is 4.27. The summed E-state index contributed by atoms with van der Waals surface area (Å²) in [5.41, 5.74) is 5.96. The van der Waals surface area contributed by atoms with Gasteiger partial charge in [-0.05, 0) is 18.8 Å². The number of thiazole rings is 1. The van der Waals surface area contributed by atoms with Crippen molar-refractivity contribution in [3.63, 3.8) is 0 Å². The highest BCUT2D eigenvalue weighted by Gasteiger charge is 2.16. The van der Waals surface area contributed by atoms with E-state index >= 15 is 0 Å². The van der Waals surface area contributed by atoms with Crippen molar-refractivity contribution in [2.45, 2.75) is 26.3 Å². The molecule has 0 bridgehead atoms. The van der Waals surface area contributed by atoms with Crippen molar-refractivity contribution >= 4 is 17.3 Å². The number of piperidine rings is 1. The van der Waals surface area contributed by atoms with Crippen LogP contribution in [0, 0.1) is 5.92 Å². The van der Waals surface area contributed by atoms with E-state index in [1.54, 1.807) is 17.5 Å². The number of nitrogens with two attached hydrogens (primary N) is 1. The highest BCUT2D eigenvalue weighted by molar-refractivity contribution is 7.09. The van der Waals surface area contributed by atoms with E-state index in [1.165, 1.54) is 12.8 Å². The lowest BCUT2D eigenvalue weighted by Gasteiger charge is -2.30. The molecule has 0 spiro atoms. The molecule has 0 atom stereocenters. The molecule has 0 aliphatic carbocycles. The third kappa shape index (κ3) is 2.95. The van der Waals surface area contributed by atoms with Gasteiger partial charge in [-0.2, -0.15) is 0 Å². The van der Waals surface area contributed by atoms with Gasteiger partial charge in [0.2, 0.25) is 0 Å². The van der Waals surface area contributed by atoms with Gasteiger partial charge in [-0.3, -0.25) is 0 Å². The van der Waals surface area contributed by atoms with Gasteiger partial charge in [0, 0.05) is 24.7 Å². The van der Waals surface area contributed by atoms with E-state index in [9.17, 15) is 0 Å². The maximum absolute atomic E-state index is 5.96. The fourth-order valence-electron chi connectivity index (χ4n) is 1.82. The zero-order chi connectivity index (χ0) is 11.4. The van der Waals surface area contributed by atoms with Gasteiger partial charge in [-0.25, -0.2) is 9.98 Å². The summed E-state index contributed by atoms with van der Waals surface area (Å²) >= 11 is 1.62. The lowest BCUT2D eigenvalue weighted by atomic mass is 10.00. The van der Waals surface area contributed by atoms with Crippen LogP contribution in [0.1, 0.15) is 24.8 Å². The van der Waals surface area contributed by atoms with E-state index in [0.717, 1.165) is 24.0 Å². The minimum absolute atomic E-state index is 0.607. The molecule has 16 heavy (non-hydrogen) atoms. The molecule has 88 valence electrons. The first-order chi connectivity index (χ1) is 7.75. The van der Waals surface area contributed by atoms with Crippen molar-refractivity contribution in [2.24, 2.45) is 16.6 Å². The SMILES string of the molecule is CC1CCN(C(N)=NCc2nccs2)CC1. The Labute approximate surface area is 100 Å². The summed E-state index contributed by atoms with van der Waals surface area (Å²) in [6.45, 7) is 4.97. The molecule has 1 aromatic heterocycles. The molecule has 2 N–H and O–H groups in total. The largest absolute Gasteiger partial charge is 0.370 e. The van der Waals surface area contributed by atoms with Crippen LogP contribution in [0.25, 0.3) is 0 Å². The first kappa shape index (κ1) is 11.4. The Balaban J connectivity index is 1.86. The zero-order valence-corrected chi connectivity index (χ0v) is 10.4. The Morgan fingerprint density at radius 3 is 3.00 bits per heavy atom. The summed E-state index contributed by atoms with van der Waals surface area (Å²) in [5, 5.41) is 2.98. The van der Waals surface area contributed by atoms with Crippen LogP contribution >= 0.6 is 11.3 Å². The van der Waals surface area contributed by atoms with E-state index in [2.05, 4.69) is 21.8 Å². The van der Waals surface area contributed by atoms with Crippen LogP contribution in [0.4, 0.5) is 0 Å². The van der Waals surface area contributed by atoms with Gasteiger partial charge < -0.3 is 10.6 Å². The molecule has 0 radical (unpaired) electrons. The molecule has 1 aromatic rings. The maximum atomic E-state index is 5.96. The molecule has 1 fully saturated rings. The van der Waals surface area contributed by atoms with Crippen LogP contribution in [0.5, 0.6) is 0 Å². The molecular weight excluding hydrogens is 220 g/mol. The van der Waals surface area contributed by atoms with E-state index in [1.807, 2.05) is 5.38 Å². The predicted molar refractivity (Wildman–Crippen MR) is 67.4 cm³/mol. The van der Waals surface area contributed by atoms with Crippen molar-refractivity contribution in [3.8, 4) is 0 Å². The number of aliphatic imine (C=N–C) groups is 1. The molecule has 0 saturated carbocycles. The Bertz CT molecular complexity index is 339. The lowest BCUT2D eigenvalue weighted by Crippen LogP contribution is -2.42. The standard InChI is InChI=1S/C11H18N4S/c1-9-2-5-15(6-3-9)11(12)14-8-10-13-4-7-16-10/h4,7,9H,2-3,5-6,8H2,1H3,(H2,12,14). The van der Waals surface area contributed by atoms with Gasteiger partial charge in [0.25, 0.3) is 0 Å². The Morgan fingerprint density at radius 2 is 2.38 bits per heavy atom. The van der Waals surface area contributed by atoms with Crippen molar-refractivity contribution in [1.82, 2.24) is 9.88 Å². The van der Waals surface area contributed by atoms with Gasteiger partial charge in [-0.1, -0.05) is 6.92 Å². The Kier molecular flexibility index (Phi) is 3.77. The van der Waals surface area contributed by atoms with Gasteiger partial charge in [0.15, 0.2) is 5.96 Å². The number of guanidine groups is 1. The molecule has 0 unspecified atom stereocenters. The van der Waals surface area contributed by atoms with Crippen LogP contribution in [0.3, 0.4) is 0 Å². The van der Waals surface area contributed by atoms with Gasteiger partial charge in [0.1, 0.15) is 5.01 Å². The number of hydrogen-bond donors (Lipinski definition) is 1. The van der Waals surface area contributed by atoms with Crippen molar-refractivity contribution in [2.75, 3.05) is 13.1 Å². The van der Waals surface area contributed by atoms with Crippen LogP contribution in [0.2, 0.25) is 0 Å². The summed E-state index contributed by atoms with van der Waals surface area (Å²) < 4.78 is 0. The van der Waals surface area contributed by atoms with Crippen LogP contribution in [-0.2, 0) is 6.54 Å². The lowest BCUT2D eigenvalue weighted by molar-refractivity contribution is 0.277. The summed E-state index contributed by atoms with van der Waals surface area (Å²) in [6.07, 6.45) is 4.23. The van der Waals surface area contributed by atoms with E-state index < -0.39 is 0 Å². The second kappa shape index (κ2) is 5.30. The zero-order valence-electron chi connectivity index (χ0n) is 9.59. The van der Waals surface area contributed by atoms with Gasteiger partial charge in [-0.15, -0.1) is 11.3 Å². The summed E-state index contributed by atoms with van der Waals surface area (Å²) in [7, 11) is 0. The third-order valence-electron chi connectivity index (χ3n) is 2.97. The van der Waals surface area contributed by atoms with Crippen molar-refractivity contribution < 1.29 is 0 Å². The fraction of sp³-hybridized carbons (Fsp3) is 0.636. The van der Waals surface area contributed by atoms with E-state index in [4.69, 9.17) is 5.73 Å². The average Bonchev–Trinajstić information content (AvgIpc) is 2.80.